The first-order chi connectivity index (χ1) is 6.77. The normalized spacial score (nSPS) is 18.4. The molecular formula is C7H11N5O2. The molecule has 1 aromatic rings. The number of carboxylic acids is 1. The summed E-state index contributed by atoms with van der Waals surface area (Å²) in [6.07, 6.45) is 1.29. The van der Waals surface area contributed by atoms with Gasteiger partial charge < -0.3 is 10.0 Å². The van der Waals surface area contributed by atoms with Gasteiger partial charge in [0.05, 0.1) is 5.92 Å². The number of piperidine rings is 1. The number of nitrogens with zero attached hydrogens (tertiary/aromatic N) is 4. The van der Waals surface area contributed by atoms with Crippen molar-refractivity contribution in [3.8, 4) is 0 Å². The van der Waals surface area contributed by atoms with Crippen LogP contribution in [-0.2, 0) is 4.79 Å². The molecule has 0 aromatic carbocycles. The van der Waals surface area contributed by atoms with E-state index in [4.69, 9.17) is 5.11 Å². The summed E-state index contributed by atoms with van der Waals surface area (Å²) in [4.78, 5) is 12.6. The molecule has 2 rings (SSSR count). The highest BCUT2D eigenvalue weighted by atomic mass is 16.4. The lowest BCUT2D eigenvalue weighted by Crippen LogP contribution is -2.36. The van der Waals surface area contributed by atoms with Gasteiger partial charge in [-0.3, -0.25) is 4.79 Å². The van der Waals surface area contributed by atoms with Gasteiger partial charge in [-0.25, -0.2) is 0 Å². The van der Waals surface area contributed by atoms with Gasteiger partial charge in [0.25, 0.3) is 5.95 Å². The number of aromatic nitrogens is 4. The Morgan fingerprint density at radius 2 is 2.21 bits per heavy atom. The van der Waals surface area contributed by atoms with E-state index in [0.29, 0.717) is 31.9 Å². The van der Waals surface area contributed by atoms with Crippen LogP contribution >= 0.6 is 0 Å². The summed E-state index contributed by atoms with van der Waals surface area (Å²) in [6.45, 7) is 1.35. The fourth-order valence-corrected chi connectivity index (χ4v) is 1.62. The second kappa shape index (κ2) is 3.60. The summed E-state index contributed by atoms with van der Waals surface area (Å²) >= 11 is 0. The van der Waals surface area contributed by atoms with Gasteiger partial charge in [0, 0.05) is 13.1 Å². The third-order valence-corrected chi connectivity index (χ3v) is 2.46. The Bertz CT molecular complexity index is 304. The first-order valence-electron chi connectivity index (χ1n) is 4.48. The molecule has 0 unspecified atom stereocenters. The van der Waals surface area contributed by atoms with Crippen LogP contribution in [0.1, 0.15) is 12.8 Å². The van der Waals surface area contributed by atoms with Crippen molar-refractivity contribution in [2.45, 2.75) is 12.8 Å². The third kappa shape index (κ3) is 1.66. The van der Waals surface area contributed by atoms with Gasteiger partial charge in [-0.15, -0.1) is 5.10 Å². The SMILES string of the molecule is O=C(O)C1CCN(c2nn[nH]n2)CC1. The number of nitrogens with one attached hydrogen (secondary N) is 1. The van der Waals surface area contributed by atoms with E-state index in [0.717, 1.165) is 0 Å². The maximum Gasteiger partial charge on any atom is 0.306 e. The van der Waals surface area contributed by atoms with E-state index < -0.39 is 5.97 Å². The number of carboxylic acid groups (broad SMARTS) is 1. The number of rotatable bonds is 2. The number of carbonyl (C=O) groups is 1. The van der Waals surface area contributed by atoms with Crippen LogP contribution in [0, 0.1) is 5.92 Å². The van der Waals surface area contributed by atoms with E-state index in [1.165, 1.54) is 0 Å². The molecule has 0 amide bonds. The van der Waals surface area contributed by atoms with Crippen LogP contribution < -0.4 is 4.90 Å². The second-order valence-electron chi connectivity index (χ2n) is 3.31. The summed E-state index contributed by atoms with van der Waals surface area (Å²) in [6, 6.07) is 0. The van der Waals surface area contributed by atoms with E-state index in [1.54, 1.807) is 0 Å². The second-order valence-corrected chi connectivity index (χ2v) is 3.31. The topological polar surface area (TPSA) is 95.0 Å². The van der Waals surface area contributed by atoms with Gasteiger partial charge in [-0.1, -0.05) is 5.10 Å². The molecule has 0 aliphatic carbocycles. The summed E-state index contributed by atoms with van der Waals surface area (Å²) in [5.74, 6) is -0.384. The molecule has 1 saturated heterocycles. The molecule has 1 aliphatic rings. The number of anilines is 1. The van der Waals surface area contributed by atoms with Crippen molar-refractivity contribution in [2.24, 2.45) is 5.92 Å². The fourth-order valence-electron chi connectivity index (χ4n) is 1.62. The molecule has 2 heterocycles. The van der Waals surface area contributed by atoms with Crippen molar-refractivity contribution in [2.75, 3.05) is 18.0 Å². The molecule has 14 heavy (non-hydrogen) atoms. The van der Waals surface area contributed by atoms with Crippen LogP contribution in [0.5, 0.6) is 0 Å². The van der Waals surface area contributed by atoms with E-state index in [9.17, 15) is 4.79 Å². The van der Waals surface area contributed by atoms with Crippen molar-refractivity contribution in [1.29, 1.82) is 0 Å². The van der Waals surface area contributed by atoms with Crippen LogP contribution in [0.15, 0.2) is 0 Å². The average Bonchev–Trinajstić information content (AvgIpc) is 2.71. The Hall–Kier alpha value is -1.66. The van der Waals surface area contributed by atoms with Gasteiger partial charge in [-0.2, -0.15) is 5.21 Å². The summed E-state index contributed by atoms with van der Waals surface area (Å²) in [5.41, 5.74) is 0. The Kier molecular flexibility index (Phi) is 2.30. The summed E-state index contributed by atoms with van der Waals surface area (Å²) in [5, 5.41) is 22.3. The zero-order valence-electron chi connectivity index (χ0n) is 7.55. The maximum atomic E-state index is 10.7. The van der Waals surface area contributed by atoms with E-state index in [1.807, 2.05) is 4.90 Å². The zero-order chi connectivity index (χ0) is 9.97. The van der Waals surface area contributed by atoms with Crippen molar-refractivity contribution in [3.63, 3.8) is 0 Å². The quantitative estimate of drug-likeness (QED) is 0.663. The number of H-pyrrole nitrogens is 1. The standard InChI is InChI=1S/C7H11N5O2/c13-6(14)5-1-3-12(4-2-5)7-8-10-11-9-7/h5H,1-4H2,(H,13,14)(H,8,9,10,11). The van der Waals surface area contributed by atoms with Crippen LogP contribution in [0.3, 0.4) is 0 Å². The van der Waals surface area contributed by atoms with Gasteiger partial charge in [0.1, 0.15) is 0 Å². The minimum Gasteiger partial charge on any atom is -0.481 e. The molecule has 2 N–H and O–H groups in total. The van der Waals surface area contributed by atoms with E-state index in [-0.39, 0.29) is 5.92 Å². The van der Waals surface area contributed by atoms with Crippen LogP contribution in [0.25, 0.3) is 0 Å². The highest BCUT2D eigenvalue weighted by molar-refractivity contribution is 5.70. The predicted molar refractivity (Wildman–Crippen MR) is 46.8 cm³/mol. The van der Waals surface area contributed by atoms with Gasteiger partial charge in [-0.05, 0) is 18.1 Å². The first-order valence-corrected chi connectivity index (χ1v) is 4.48. The molecule has 7 heteroatoms. The average molecular weight is 197 g/mol. The van der Waals surface area contributed by atoms with Gasteiger partial charge in [0.2, 0.25) is 0 Å². The number of aliphatic carboxylic acids is 1. The highest BCUT2D eigenvalue weighted by Gasteiger charge is 2.25. The molecule has 76 valence electrons. The van der Waals surface area contributed by atoms with Crippen LogP contribution in [0.2, 0.25) is 0 Å². The summed E-state index contributed by atoms with van der Waals surface area (Å²) < 4.78 is 0. The van der Waals surface area contributed by atoms with E-state index in [2.05, 4.69) is 20.6 Å². The molecule has 0 bridgehead atoms. The predicted octanol–water partition coefficient (Wildman–Crippen LogP) is -0.499. The van der Waals surface area contributed by atoms with Crippen molar-refractivity contribution in [1.82, 2.24) is 20.6 Å². The maximum absolute atomic E-state index is 10.7. The summed E-state index contributed by atoms with van der Waals surface area (Å²) in [7, 11) is 0. The number of aromatic amines is 1. The smallest absolute Gasteiger partial charge is 0.306 e. The first kappa shape index (κ1) is 8.92. The van der Waals surface area contributed by atoms with Crippen molar-refractivity contribution < 1.29 is 9.90 Å². The van der Waals surface area contributed by atoms with Gasteiger partial charge >= 0.3 is 5.97 Å². The molecule has 1 fully saturated rings. The minimum absolute atomic E-state index is 0.224. The minimum atomic E-state index is -0.710. The Morgan fingerprint density at radius 3 is 2.71 bits per heavy atom. The Morgan fingerprint density at radius 1 is 1.50 bits per heavy atom. The van der Waals surface area contributed by atoms with E-state index >= 15 is 0 Å². The molecule has 0 saturated carbocycles. The van der Waals surface area contributed by atoms with Gasteiger partial charge in [0.15, 0.2) is 0 Å². The van der Waals surface area contributed by atoms with Crippen LogP contribution in [-0.4, -0.2) is 44.8 Å². The van der Waals surface area contributed by atoms with Crippen molar-refractivity contribution in [3.05, 3.63) is 0 Å². The highest BCUT2D eigenvalue weighted by Crippen LogP contribution is 2.19. The molecule has 1 aliphatic heterocycles. The third-order valence-electron chi connectivity index (χ3n) is 2.46. The Balaban J connectivity index is 1.93. The molecule has 1 aromatic heterocycles. The lowest BCUT2D eigenvalue weighted by atomic mass is 9.97. The molecule has 0 atom stereocenters. The molecule has 0 spiro atoms. The molecular weight excluding hydrogens is 186 g/mol. The van der Waals surface area contributed by atoms with Crippen molar-refractivity contribution >= 4 is 11.9 Å². The molecule has 0 radical (unpaired) electrons. The zero-order valence-corrected chi connectivity index (χ0v) is 7.55. The number of tetrazole rings is 1. The lowest BCUT2D eigenvalue weighted by Gasteiger charge is -2.28. The van der Waals surface area contributed by atoms with Crippen LogP contribution in [0.4, 0.5) is 5.95 Å². The largest absolute Gasteiger partial charge is 0.481 e. The number of hydrogen-bond acceptors (Lipinski definition) is 5. The monoisotopic (exact) mass is 197 g/mol. The molecule has 7 nitrogen and oxygen atoms in total. The fraction of sp³-hybridized carbons (Fsp3) is 0.714. The number of hydrogen-bond donors (Lipinski definition) is 2. The lowest BCUT2D eigenvalue weighted by molar-refractivity contribution is -0.142. The Labute approximate surface area is 80.1 Å².